The number of carboxylic acids is 1. The van der Waals surface area contributed by atoms with Gasteiger partial charge in [0.15, 0.2) is 0 Å². The SMILES string of the molecule is O=C(Nc1ccc(Br)cc1C(=O)O)c1cc(-c2ccccc2)n[nH]1. The van der Waals surface area contributed by atoms with E-state index in [0.29, 0.717) is 10.2 Å². The molecule has 1 aromatic heterocycles. The molecule has 7 heteroatoms. The molecule has 1 heterocycles. The number of carboxylic acid groups (broad SMARTS) is 1. The zero-order chi connectivity index (χ0) is 17.1. The molecule has 0 aliphatic rings. The molecule has 24 heavy (non-hydrogen) atoms. The van der Waals surface area contributed by atoms with E-state index in [1.807, 2.05) is 30.3 Å². The van der Waals surface area contributed by atoms with Gasteiger partial charge in [0.1, 0.15) is 5.69 Å². The van der Waals surface area contributed by atoms with Gasteiger partial charge in [-0.3, -0.25) is 9.89 Å². The lowest BCUT2D eigenvalue weighted by Gasteiger charge is -2.07. The number of aromatic amines is 1. The highest BCUT2D eigenvalue weighted by atomic mass is 79.9. The number of H-pyrrole nitrogens is 1. The van der Waals surface area contributed by atoms with Gasteiger partial charge in [-0.25, -0.2) is 4.79 Å². The van der Waals surface area contributed by atoms with Crippen LogP contribution in [0.5, 0.6) is 0 Å². The van der Waals surface area contributed by atoms with E-state index in [1.165, 1.54) is 12.1 Å². The van der Waals surface area contributed by atoms with Crippen molar-refractivity contribution in [1.82, 2.24) is 10.2 Å². The minimum atomic E-state index is -1.12. The van der Waals surface area contributed by atoms with E-state index in [9.17, 15) is 14.7 Å². The monoisotopic (exact) mass is 385 g/mol. The molecule has 120 valence electrons. The topological polar surface area (TPSA) is 95.1 Å². The first kappa shape index (κ1) is 15.9. The van der Waals surface area contributed by atoms with E-state index in [-0.39, 0.29) is 16.9 Å². The fourth-order valence-electron chi connectivity index (χ4n) is 2.19. The smallest absolute Gasteiger partial charge is 0.337 e. The number of rotatable bonds is 4. The Balaban J connectivity index is 1.84. The Morgan fingerprint density at radius 2 is 1.83 bits per heavy atom. The van der Waals surface area contributed by atoms with Crippen LogP contribution in [-0.4, -0.2) is 27.2 Å². The number of anilines is 1. The molecular formula is C17H12BrN3O3. The summed E-state index contributed by atoms with van der Waals surface area (Å²) in [7, 11) is 0. The Labute approximate surface area is 145 Å². The number of halogens is 1. The highest BCUT2D eigenvalue weighted by Gasteiger charge is 2.16. The third-order valence-electron chi connectivity index (χ3n) is 3.35. The van der Waals surface area contributed by atoms with Crippen LogP contribution in [0.25, 0.3) is 11.3 Å². The number of aromatic nitrogens is 2. The maximum Gasteiger partial charge on any atom is 0.337 e. The number of hydrogen-bond donors (Lipinski definition) is 3. The number of aromatic carboxylic acids is 1. The number of carbonyl (C=O) groups excluding carboxylic acids is 1. The molecule has 0 atom stereocenters. The maximum absolute atomic E-state index is 12.3. The molecule has 0 unspecified atom stereocenters. The lowest BCUT2D eigenvalue weighted by molar-refractivity contribution is 0.0698. The summed E-state index contributed by atoms with van der Waals surface area (Å²) in [5.41, 5.74) is 1.97. The zero-order valence-electron chi connectivity index (χ0n) is 12.3. The second-order valence-electron chi connectivity index (χ2n) is 4.98. The highest BCUT2D eigenvalue weighted by molar-refractivity contribution is 9.10. The molecule has 0 bridgehead atoms. The fraction of sp³-hybridized carbons (Fsp3) is 0. The lowest BCUT2D eigenvalue weighted by atomic mass is 10.1. The van der Waals surface area contributed by atoms with Crippen molar-refractivity contribution in [3.05, 3.63) is 70.3 Å². The fourth-order valence-corrected chi connectivity index (χ4v) is 2.55. The van der Waals surface area contributed by atoms with Gasteiger partial charge in [0.05, 0.1) is 16.9 Å². The van der Waals surface area contributed by atoms with Gasteiger partial charge in [0, 0.05) is 10.0 Å². The molecule has 0 saturated carbocycles. The summed E-state index contributed by atoms with van der Waals surface area (Å²) >= 11 is 3.21. The molecule has 0 fully saturated rings. The van der Waals surface area contributed by atoms with Crippen LogP contribution in [0.2, 0.25) is 0 Å². The van der Waals surface area contributed by atoms with Crippen LogP contribution < -0.4 is 5.32 Å². The van der Waals surface area contributed by atoms with E-state index < -0.39 is 11.9 Å². The van der Waals surface area contributed by atoms with Crippen LogP contribution in [0, 0.1) is 0 Å². The Hall–Kier alpha value is -2.93. The summed E-state index contributed by atoms with van der Waals surface area (Å²) < 4.78 is 0.616. The third-order valence-corrected chi connectivity index (χ3v) is 3.85. The summed E-state index contributed by atoms with van der Waals surface area (Å²) in [5, 5.41) is 18.6. The molecule has 0 radical (unpaired) electrons. The molecule has 6 nitrogen and oxygen atoms in total. The second-order valence-corrected chi connectivity index (χ2v) is 5.90. The molecule has 2 aromatic carbocycles. The second kappa shape index (κ2) is 6.67. The average Bonchev–Trinajstić information content (AvgIpc) is 3.07. The number of nitrogens with one attached hydrogen (secondary N) is 2. The van der Waals surface area contributed by atoms with Crippen LogP contribution in [0.4, 0.5) is 5.69 Å². The molecule has 0 saturated heterocycles. The molecule has 3 N–H and O–H groups in total. The molecule has 1 amide bonds. The van der Waals surface area contributed by atoms with Crippen LogP contribution in [0.15, 0.2) is 59.1 Å². The summed E-state index contributed by atoms with van der Waals surface area (Å²) in [6.07, 6.45) is 0. The minimum Gasteiger partial charge on any atom is -0.478 e. The number of amides is 1. The van der Waals surface area contributed by atoms with E-state index in [1.54, 1.807) is 12.1 Å². The van der Waals surface area contributed by atoms with Crippen molar-refractivity contribution < 1.29 is 14.7 Å². The summed E-state index contributed by atoms with van der Waals surface area (Å²) in [6.45, 7) is 0. The standard InChI is InChI=1S/C17H12BrN3O3/c18-11-6-7-13(12(8-11)17(23)24)19-16(22)15-9-14(20-21-15)10-4-2-1-3-5-10/h1-9H,(H,19,22)(H,20,21)(H,23,24). The molecule has 0 aliphatic carbocycles. The van der Waals surface area contributed by atoms with Gasteiger partial charge in [-0.05, 0) is 24.3 Å². The summed E-state index contributed by atoms with van der Waals surface area (Å²) in [5.74, 6) is -1.59. The largest absolute Gasteiger partial charge is 0.478 e. The van der Waals surface area contributed by atoms with E-state index in [4.69, 9.17) is 0 Å². The van der Waals surface area contributed by atoms with Crippen molar-refractivity contribution in [2.24, 2.45) is 0 Å². The van der Waals surface area contributed by atoms with Gasteiger partial charge >= 0.3 is 5.97 Å². The molecule has 0 aliphatic heterocycles. The van der Waals surface area contributed by atoms with Gasteiger partial charge in [-0.15, -0.1) is 0 Å². The van der Waals surface area contributed by atoms with E-state index in [0.717, 1.165) is 5.56 Å². The van der Waals surface area contributed by atoms with Gasteiger partial charge in [-0.1, -0.05) is 46.3 Å². The number of hydrogen-bond acceptors (Lipinski definition) is 3. The molecular weight excluding hydrogens is 374 g/mol. The quantitative estimate of drug-likeness (QED) is 0.636. The van der Waals surface area contributed by atoms with E-state index >= 15 is 0 Å². The van der Waals surface area contributed by atoms with Gasteiger partial charge in [0.2, 0.25) is 0 Å². The Morgan fingerprint density at radius 1 is 1.08 bits per heavy atom. The summed E-state index contributed by atoms with van der Waals surface area (Å²) in [4.78, 5) is 23.6. The molecule has 3 rings (SSSR count). The minimum absolute atomic E-state index is 0.000484. The summed E-state index contributed by atoms with van der Waals surface area (Å²) in [6, 6.07) is 15.7. The van der Waals surface area contributed by atoms with Crippen LogP contribution in [0.1, 0.15) is 20.8 Å². The predicted octanol–water partition coefficient (Wildman–Crippen LogP) is 3.79. The predicted molar refractivity (Wildman–Crippen MR) is 93.1 cm³/mol. The average molecular weight is 386 g/mol. The van der Waals surface area contributed by atoms with Crippen molar-refractivity contribution in [3.8, 4) is 11.3 Å². The third kappa shape index (κ3) is 3.36. The van der Waals surface area contributed by atoms with Crippen LogP contribution >= 0.6 is 15.9 Å². The van der Waals surface area contributed by atoms with Gasteiger partial charge in [0.25, 0.3) is 5.91 Å². The zero-order valence-corrected chi connectivity index (χ0v) is 13.9. The normalized spacial score (nSPS) is 10.4. The van der Waals surface area contributed by atoms with Crippen molar-refractivity contribution in [2.45, 2.75) is 0 Å². The first-order chi connectivity index (χ1) is 11.5. The Kier molecular flexibility index (Phi) is 4.43. The Morgan fingerprint density at radius 3 is 2.54 bits per heavy atom. The van der Waals surface area contributed by atoms with Gasteiger partial charge < -0.3 is 10.4 Å². The number of carbonyl (C=O) groups is 2. The van der Waals surface area contributed by atoms with Crippen molar-refractivity contribution in [2.75, 3.05) is 5.32 Å². The first-order valence-corrected chi connectivity index (χ1v) is 7.79. The van der Waals surface area contributed by atoms with Crippen molar-refractivity contribution >= 4 is 33.5 Å². The van der Waals surface area contributed by atoms with Crippen LogP contribution in [0.3, 0.4) is 0 Å². The molecule has 0 spiro atoms. The number of benzene rings is 2. The van der Waals surface area contributed by atoms with Gasteiger partial charge in [-0.2, -0.15) is 5.10 Å². The lowest BCUT2D eigenvalue weighted by Crippen LogP contribution is -2.15. The highest BCUT2D eigenvalue weighted by Crippen LogP contribution is 2.22. The number of nitrogens with zero attached hydrogens (tertiary/aromatic N) is 1. The van der Waals surface area contributed by atoms with Crippen LogP contribution in [-0.2, 0) is 0 Å². The van der Waals surface area contributed by atoms with E-state index in [2.05, 4.69) is 31.4 Å². The first-order valence-electron chi connectivity index (χ1n) is 6.99. The maximum atomic E-state index is 12.3. The molecule has 3 aromatic rings. The Bertz CT molecular complexity index is 906. The van der Waals surface area contributed by atoms with Crippen molar-refractivity contribution in [3.63, 3.8) is 0 Å². The van der Waals surface area contributed by atoms with Crippen molar-refractivity contribution in [1.29, 1.82) is 0 Å².